The van der Waals surface area contributed by atoms with E-state index < -0.39 is 0 Å². The van der Waals surface area contributed by atoms with Crippen molar-refractivity contribution in [1.29, 1.82) is 0 Å². The number of carbonyl (C=O) groups excluding carboxylic acids is 2. The van der Waals surface area contributed by atoms with Crippen LogP contribution in [-0.2, 0) is 16.2 Å². The van der Waals surface area contributed by atoms with Gasteiger partial charge in [-0.25, -0.2) is 0 Å². The molecule has 0 N–H and O–H groups in total. The number of benzene rings is 2. The zero-order valence-electron chi connectivity index (χ0n) is 16.0. The van der Waals surface area contributed by atoms with Crippen LogP contribution >= 0.6 is 0 Å². The lowest BCUT2D eigenvalue weighted by molar-refractivity contribution is -0.140. The zero-order chi connectivity index (χ0) is 19.8. The lowest BCUT2D eigenvalue weighted by atomic mass is 9.63. The molecule has 1 saturated carbocycles. The summed E-state index contributed by atoms with van der Waals surface area (Å²) in [4.78, 5) is 25.6. The maximum atomic E-state index is 12.8. The van der Waals surface area contributed by atoms with E-state index in [0.29, 0.717) is 12.4 Å². The molecule has 146 valence electrons. The van der Waals surface area contributed by atoms with Crippen LogP contribution in [0.15, 0.2) is 71.9 Å². The summed E-state index contributed by atoms with van der Waals surface area (Å²) in [6.45, 7) is 0.476. The van der Waals surface area contributed by atoms with E-state index in [-0.39, 0.29) is 35.5 Å². The van der Waals surface area contributed by atoms with Crippen molar-refractivity contribution in [1.82, 2.24) is 5.01 Å². The lowest BCUT2D eigenvalue weighted by Gasteiger charge is -2.37. The molecule has 2 fully saturated rings. The first-order valence-corrected chi connectivity index (χ1v) is 10.1. The van der Waals surface area contributed by atoms with Crippen molar-refractivity contribution < 1.29 is 14.3 Å². The Labute approximate surface area is 169 Å². The molecule has 2 amide bonds. The van der Waals surface area contributed by atoms with E-state index in [2.05, 4.69) is 17.3 Å². The molecule has 29 heavy (non-hydrogen) atoms. The number of fused-ring (bicyclic) bond motifs is 1. The van der Waals surface area contributed by atoms with E-state index >= 15 is 0 Å². The number of allylic oxidation sites excluding steroid dienone is 2. The molecule has 5 heteroatoms. The van der Waals surface area contributed by atoms with Gasteiger partial charge in [0.05, 0.1) is 18.1 Å². The molecule has 2 bridgehead atoms. The number of hydrogen-bond donors (Lipinski definition) is 0. The minimum Gasteiger partial charge on any atom is -0.489 e. The highest BCUT2D eigenvalue weighted by atomic mass is 16.5. The van der Waals surface area contributed by atoms with Crippen molar-refractivity contribution in [3.63, 3.8) is 0 Å². The van der Waals surface area contributed by atoms with E-state index in [9.17, 15) is 9.59 Å². The fourth-order valence-electron chi connectivity index (χ4n) is 4.72. The Morgan fingerprint density at radius 2 is 1.62 bits per heavy atom. The van der Waals surface area contributed by atoms with Crippen molar-refractivity contribution in [3.05, 3.63) is 77.9 Å². The molecule has 4 unspecified atom stereocenters. The van der Waals surface area contributed by atoms with Crippen molar-refractivity contribution >= 4 is 18.0 Å². The maximum Gasteiger partial charge on any atom is 0.254 e. The average Bonchev–Trinajstić information content (AvgIpc) is 3.05. The first-order chi connectivity index (χ1) is 14.2. The third-order valence-electron chi connectivity index (χ3n) is 6.16. The molecule has 1 aliphatic heterocycles. The van der Waals surface area contributed by atoms with Gasteiger partial charge in [-0.05, 0) is 47.9 Å². The molecule has 2 aromatic carbocycles. The van der Waals surface area contributed by atoms with Crippen LogP contribution in [0, 0.1) is 23.7 Å². The van der Waals surface area contributed by atoms with Crippen LogP contribution in [0.5, 0.6) is 5.75 Å². The predicted molar refractivity (Wildman–Crippen MR) is 109 cm³/mol. The first-order valence-electron chi connectivity index (χ1n) is 10.1. The molecule has 0 radical (unpaired) electrons. The Bertz CT molecular complexity index is 966. The molecule has 1 saturated heterocycles. The van der Waals surface area contributed by atoms with Crippen molar-refractivity contribution in [2.75, 3.05) is 0 Å². The number of rotatable bonds is 5. The molecule has 6 rings (SSSR count). The topological polar surface area (TPSA) is 59.0 Å². The Kier molecular flexibility index (Phi) is 4.51. The van der Waals surface area contributed by atoms with Gasteiger partial charge < -0.3 is 4.74 Å². The van der Waals surface area contributed by atoms with Crippen molar-refractivity contribution in [3.8, 4) is 5.75 Å². The van der Waals surface area contributed by atoms with Gasteiger partial charge in [0.2, 0.25) is 0 Å². The molecule has 4 aliphatic rings. The molecule has 3 aliphatic carbocycles. The lowest BCUT2D eigenvalue weighted by Crippen LogP contribution is -2.38. The van der Waals surface area contributed by atoms with Gasteiger partial charge in [0, 0.05) is 0 Å². The maximum absolute atomic E-state index is 12.8. The van der Waals surface area contributed by atoms with E-state index in [1.807, 2.05) is 54.6 Å². The molecule has 0 spiro atoms. The average molecular weight is 386 g/mol. The van der Waals surface area contributed by atoms with Gasteiger partial charge in [0.1, 0.15) is 12.4 Å². The van der Waals surface area contributed by atoms with Crippen LogP contribution in [0.4, 0.5) is 0 Å². The van der Waals surface area contributed by atoms with Crippen LogP contribution in [0.25, 0.3) is 0 Å². The third kappa shape index (κ3) is 3.27. The zero-order valence-corrected chi connectivity index (χ0v) is 16.0. The molecule has 2 aromatic rings. The molecule has 1 heterocycles. The Morgan fingerprint density at radius 1 is 0.931 bits per heavy atom. The molecule has 5 nitrogen and oxygen atoms in total. The minimum absolute atomic E-state index is 0.160. The van der Waals surface area contributed by atoms with Crippen molar-refractivity contribution in [2.24, 2.45) is 28.8 Å². The highest BCUT2D eigenvalue weighted by Gasteiger charge is 2.56. The molecular weight excluding hydrogens is 364 g/mol. The van der Waals surface area contributed by atoms with Crippen LogP contribution in [0.1, 0.15) is 24.0 Å². The minimum atomic E-state index is -0.232. The number of imide groups is 1. The summed E-state index contributed by atoms with van der Waals surface area (Å²) in [5.74, 6) is 0.284. The number of ether oxygens (including phenoxy) is 1. The van der Waals surface area contributed by atoms with Gasteiger partial charge in [0.25, 0.3) is 11.8 Å². The SMILES string of the molecule is O=C1C2C3C=CC(CC3)C2C(=O)N1/N=C/c1cccc(OCc2ccccc2)c1. The number of nitrogens with zero attached hydrogens (tertiary/aromatic N) is 2. The second-order valence-electron chi connectivity index (χ2n) is 7.92. The number of hydrazone groups is 1. The monoisotopic (exact) mass is 386 g/mol. The van der Waals surface area contributed by atoms with Crippen LogP contribution in [0.3, 0.4) is 0 Å². The Hall–Kier alpha value is -3.21. The summed E-state index contributed by atoms with van der Waals surface area (Å²) in [5, 5.41) is 5.35. The summed E-state index contributed by atoms with van der Waals surface area (Å²) in [6, 6.07) is 17.4. The van der Waals surface area contributed by atoms with E-state index in [1.54, 1.807) is 6.21 Å². The highest BCUT2D eigenvalue weighted by Crippen LogP contribution is 2.49. The predicted octanol–water partition coefficient (Wildman–Crippen LogP) is 3.80. The number of carbonyl (C=O) groups is 2. The summed E-state index contributed by atoms with van der Waals surface area (Å²) in [5.41, 5.74) is 1.87. The molecule has 4 atom stereocenters. The standard InChI is InChI=1S/C24H22N2O3/c27-23-21-18-9-10-19(12-11-18)22(21)24(28)26(23)25-14-17-7-4-8-20(13-17)29-15-16-5-2-1-3-6-16/h1-10,13-14,18-19,21-22H,11-12,15H2/b25-14+. The van der Waals surface area contributed by atoms with Crippen LogP contribution in [-0.4, -0.2) is 23.0 Å². The smallest absolute Gasteiger partial charge is 0.254 e. The quantitative estimate of drug-likeness (QED) is 0.446. The normalized spacial score (nSPS) is 27.7. The molecule has 0 aromatic heterocycles. The van der Waals surface area contributed by atoms with Gasteiger partial charge in [0.15, 0.2) is 0 Å². The molecular formula is C24H22N2O3. The highest BCUT2D eigenvalue weighted by molar-refractivity contribution is 6.06. The Balaban J connectivity index is 1.29. The second kappa shape index (κ2) is 7.32. The first kappa shape index (κ1) is 17.9. The number of hydrogen-bond acceptors (Lipinski definition) is 4. The van der Waals surface area contributed by atoms with Gasteiger partial charge in [-0.15, -0.1) is 0 Å². The Morgan fingerprint density at radius 3 is 2.28 bits per heavy atom. The van der Waals surface area contributed by atoms with Crippen LogP contribution in [0.2, 0.25) is 0 Å². The van der Waals surface area contributed by atoms with Gasteiger partial charge in [-0.2, -0.15) is 10.1 Å². The van der Waals surface area contributed by atoms with E-state index in [0.717, 1.165) is 29.0 Å². The largest absolute Gasteiger partial charge is 0.489 e. The summed E-state index contributed by atoms with van der Waals surface area (Å²) in [6.07, 6.45) is 7.76. The fraction of sp³-hybridized carbons (Fsp3) is 0.292. The van der Waals surface area contributed by atoms with Crippen molar-refractivity contribution in [2.45, 2.75) is 19.4 Å². The van der Waals surface area contributed by atoms with Gasteiger partial charge in [-0.1, -0.05) is 54.6 Å². The summed E-state index contributed by atoms with van der Waals surface area (Å²) >= 11 is 0. The van der Waals surface area contributed by atoms with Gasteiger partial charge in [-0.3, -0.25) is 9.59 Å². The van der Waals surface area contributed by atoms with Crippen LogP contribution < -0.4 is 4.74 Å². The number of amides is 2. The third-order valence-corrected chi connectivity index (χ3v) is 6.16. The van der Waals surface area contributed by atoms with E-state index in [1.165, 1.54) is 0 Å². The summed E-state index contributed by atoms with van der Waals surface area (Å²) in [7, 11) is 0. The van der Waals surface area contributed by atoms with E-state index in [4.69, 9.17) is 4.74 Å². The summed E-state index contributed by atoms with van der Waals surface area (Å²) < 4.78 is 5.84. The van der Waals surface area contributed by atoms with Gasteiger partial charge >= 0.3 is 0 Å². The second-order valence-corrected chi connectivity index (χ2v) is 7.92. The fourth-order valence-corrected chi connectivity index (χ4v) is 4.72.